The highest BCUT2D eigenvalue weighted by Gasteiger charge is 2.24. The number of fused-ring (bicyclic) bond motifs is 1. The van der Waals surface area contributed by atoms with E-state index in [2.05, 4.69) is 15.4 Å². The summed E-state index contributed by atoms with van der Waals surface area (Å²) in [5.41, 5.74) is 0.872. The first-order chi connectivity index (χ1) is 14.1. The number of nitrogens with one attached hydrogen (secondary N) is 1. The second-order valence-corrected chi connectivity index (χ2v) is 6.51. The highest BCUT2D eigenvalue weighted by atomic mass is 16.5. The van der Waals surface area contributed by atoms with E-state index in [9.17, 15) is 9.59 Å². The van der Waals surface area contributed by atoms with Gasteiger partial charge in [-0.15, -0.1) is 5.10 Å². The molecule has 4 aromatic rings. The molecule has 1 atom stereocenters. The van der Waals surface area contributed by atoms with Crippen LogP contribution in [0, 0.1) is 0 Å². The van der Waals surface area contributed by atoms with Crippen LogP contribution < -0.4 is 15.7 Å². The molecular formula is C20H20N6O3. The van der Waals surface area contributed by atoms with Crippen molar-refractivity contribution >= 4 is 11.6 Å². The number of para-hydroxylation sites is 1. The summed E-state index contributed by atoms with van der Waals surface area (Å²) >= 11 is 0. The van der Waals surface area contributed by atoms with Crippen LogP contribution in [0.25, 0.3) is 5.65 Å². The number of nitrogens with zero attached hydrogens (tertiary/aromatic N) is 5. The number of ether oxygens (including phenoxy) is 1. The number of hydrogen-bond acceptors (Lipinski definition) is 5. The van der Waals surface area contributed by atoms with Gasteiger partial charge in [0.25, 0.3) is 0 Å². The van der Waals surface area contributed by atoms with Gasteiger partial charge in [-0.05, 0) is 18.2 Å². The van der Waals surface area contributed by atoms with Crippen LogP contribution in [0.5, 0.6) is 5.75 Å². The summed E-state index contributed by atoms with van der Waals surface area (Å²) in [6.07, 6.45) is 5.08. The van der Waals surface area contributed by atoms with Crippen LogP contribution in [0.2, 0.25) is 0 Å². The molecule has 0 aliphatic heterocycles. The maximum absolute atomic E-state index is 12.8. The van der Waals surface area contributed by atoms with E-state index < -0.39 is 6.04 Å². The average Bonchev–Trinajstić information content (AvgIpc) is 3.29. The van der Waals surface area contributed by atoms with Crippen molar-refractivity contribution in [1.29, 1.82) is 0 Å². The number of imidazole rings is 1. The number of benzene rings is 1. The third kappa shape index (κ3) is 3.49. The van der Waals surface area contributed by atoms with Crippen molar-refractivity contribution in [2.45, 2.75) is 12.6 Å². The zero-order valence-corrected chi connectivity index (χ0v) is 16.0. The molecule has 9 heteroatoms. The van der Waals surface area contributed by atoms with Gasteiger partial charge in [0.05, 0.1) is 7.11 Å². The fraction of sp³-hybridized carbons (Fsp3) is 0.200. The van der Waals surface area contributed by atoms with E-state index in [4.69, 9.17) is 4.74 Å². The Morgan fingerprint density at radius 3 is 2.69 bits per heavy atom. The van der Waals surface area contributed by atoms with Gasteiger partial charge < -0.3 is 14.6 Å². The number of aromatic nitrogens is 5. The third-order valence-electron chi connectivity index (χ3n) is 4.65. The fourth-order valence-electron chi connectivity index (χ4n) is 3.26. The molecule has 148 valence electrons. The van der Waals surface area contributed by atoms with Crippen LogP contribution in [0.3, 0.4) is 0 Å². The highest BCUT2D eigenvalue weighted by Crippen LogP contribution is 2.28. The maximum Gasteiger partial charge on any atom is 0.350 e. The van der Waals surface area contributed by atoms with E-state index in [-0.39, 0.29) is 18.1 Å². The molecule has 29 heavy (non-hydrogen) atoms. The lowest BCUT2D eigenvalue weighted by Crippen LogP contribution is -2.36. The summed E-state index contributed by atoms with van der Waals surface area (Å²) in [4.78, 5) is 29.7. The summed E-state index contributed by atoms with van der Waals surface area (Å²) in [7, 11) is 3.43. The molecule has 3 heterocycles. The molecule has 0 fully saturated rings. The van der Waals surface area contributed by atoms with E-state index >= 15 is 0 Å². The molecule has 0 spiro atoms. The molecule has 0 saturated heterocycles. The first kappa shape index (κ1) is 18.5. The fourth-order valence-corrected chi connectivity index (χ4v) is 3.26. The Kier molecular flexibility index (Phi) is 4.86. The summed E-state index contributed by atoms with van der Waals surface area (Å²) in [6.45, 7) is -0.212. The minimum absolute atomic E-state index is 0.212. The van der Waals surface area contributed by atoms with Crippen LogP contribution in [-0.2, 0) is 18.4 Å². The molecule has 1 unspecified atom stereocenters. The number of rotatable bonds is 6. The molecular weight excluding hydrogens is 372 g/mol. The lowest BCUT2D eigenvalue weighted by molar-refractivity contribution is -0.122. The maximum atomic E-state index is 12.8. The lowest BCUT2D eigenvalue weighted by Gasteiger charge is -2.21. The first-order valence-electron chi connectivity index (χ1n) is 9.02. The second kappa shape index (κ2) is 7.63. The van der Waals surface area contributed by atoms with E-state index in [1.807, 2.05) is 35.9 Å². The van der Waals surface area contributed by atoms with Crippen LogP contribution in [0.1, 0.15) is 17.4 Å². The minimum Gasteiger partial charge on any atom is -0.496 e. The topological polar surface area (TPSA) is 95.4 Å². The van der Waals surface area contributed by atoms with Gasteiger partial charge in [-0.1, -0.05) is 24.3 Å². The predicted octanol–water partition coefficient (Wildman–Crippen LogP) is 1.14. The van der Waals surface area contributed by atoms with Crippen molar-refractivity contribution in [3.8, 4) is 5.75 Å². The Morgan fingerprint density at radius 1 is 1.17 bits per heavy atom. The predicted molar refractivity (Wildman–Crippen MR) is 106 cm³/mol. The molecule has 9 nitrogen and oxygen atoms in total. The number of carbonyl (C=O) groups is 1. The number of aryl methyl sites for hydroxylation is 1. The van der Waals surface area contributed by atoms with Gasteiger partial charge in [0.2, 0.25) is 5.91 Å². The van der Waals surface area contributed by atoms with Gasteiger partial charge in [-0.25, -0.2) is 14.5 Å². The van der Waals surface area contributed by atoms with Gasteiger partial charge in [-0.2, -0.15) is 0 Å². The minimum atomic E-state index is -0.550. The van der Waals surface area contributed by atoms with E-state index in [1.54, 1.807) is 43.9 Å². The smallest absolute Gasteiger partial charge is 0.350 e. The first-order valence-corrected chi connectivity index (χ1v) is 9.02. The number of pyridine rings is 1. The van der Waals surface area contributed by atoms with Crippen LogP contribution in [0.4, 0.5) is 0 Å². The molecule has 0 radical (unpaired) electrons. The summed E-state index contributed by atoms with van der Waals surface area (Å²) in [6, 6.07) is 12.1. The molecule has 0 aliphatic rings. The Morgan fingerprint density at radius 2 is 1.97 bits per heavy atom. The Hall–Kier alpha value is -3.88. The van der Waals surface area contributed by atoms with Gasteiger partial charge in [0.1, 0.15) is 24.2 Å². The number of methoxy groups -OCH3 is 1. The zero-order chi connectivity index (χ0) is 20.4. The van der Waals surface area contributed by atoms with Gasteiger partial charge in [0, 0.05) is 31.2 Å². The average molecular weight is 392 g/mol. The molecule has 0 saturated carbocycles. The van der Waals surface area contributed by atoms with Crippen LogP contribution in [0.15, 0.2) is 65.8 Å². The quantitative estimate of drug-likeness (QED) is 0.531. The summed E-state index contributed by atoms with van der Waals surface area (Å²) in [5, 5.41) is 7.17. The van der Waals surface area contributed by atoms with E-state index in [0.29, 0.717) is 17.2 Å². The van der Waals surface area contributed by atoms with E-state index in [0.717, 1.165) is 10.2 Å². The Balaban J connectivity index is 1.65. The second-order valence-electron chi connectivity index (χ2n) is 6.51. The van der Waals surface area contributed by atoms with Gasteiger partial charge >= 0.3 is 5.69 Å². The van der Waals surface area contributed by atoms with Crippen molar-refractivity contribution in [3.05, 3.63) is 82.9 Å². The summed E-state index contributed by atoms with van der Waals surface area (Å²) in [5.74, 6) is 0.908. The Labute approximate surface area is 166 Å². The Bertz CT molecular complexity index is 1220. The number of hydrogen-bond donors (Lipinski definition) is 1. The molecule has 3 aromatic heterocycles. The molecule has 4 rings (SSSR count). The van der Waals surface area contributed by atoms with Crippen LogP contribution >= 0.6 is 0 Å². The normalized spacial score (nSPS) is 12.1. The van der Waals surface area contributed by atoms with Gasteiger partial charge in [-0.3, -0.25) is 9.20 Å². The largest absolute Gasteiger partial charge is 0.496 e. The molecule has 0 aliphatic carbocycles. The molecule has 1 N–H and O–H groups in total. The monoisotopic (exact) mass is 392 g/mol. The van der Waals surface area contributed by atoms with Crippen molar-refractivity contribution < 1.29 is 9.53 Å². The van der Waals surface area contributed by atoms with Crippen molar-refractivity contribution in [1.82, 2.24) is 29.0 Å². The van der Waals surface area contributed by atoms with Crippen molar-refractivity contribution in [2.75, 3.05) is 7.11 Å². The van der Waals surface area contributed by atoms with Crippen molar-refractivity contribution in [2.24, 2.45) is 7.05 Å². The third-order valence-corrected chi connectivity index (χ3v) is 4.65. The SMILES string of the molecule is COc1ccccc1C(NC(=O)Cn1nc2ccccn2c1=O)c1nccn1C. The number of amides is 1. The molecule has 1 amide bonds. The standard InChI is InChI=1S/C20H20N6O3/c1-24-12-10-21-19(24)18(14-7-3-4-8-15(14)29-2)22-17(27)13-26-20(28)25-11-6-5-9-16(25)23-26/h3-12,18H,13H2,1-2H3,(H,22,27). The summed E-state index contributed by atoms with van der Waals surface area (Å²) < 4.78 is 9.83. The van der Waals surface area contributed by atoms with E-state index in [1.165, 1.54) is 4.40 Å². The highest BCUT2D eigenvalue weighted by molar-refractivity contribution is 5.76. The lowest BCUT2D eigenvalue weighted by atomic mass is 10.0. The van der Waals surface area contributed by atoms with Gasteiger partial charge in [0.15, 0.2) is 5.65 Å². The van der Waals surface area contributed by atoms with Crippen molar-refractivity contribution in [3.63, 3.8) is 0 Å². The zero-order valence-electron chi connectivity index (χ0n) is 16.0. The number of carbonyl (C=O) groups excluding carboxylic acids is 1. The van der Waals surface area contributed by atoms with Crippen LogP contribution in [-0.4, -0.2) is 36.7 Å². The molecule has 1 aromatic carbocycles. The molecule has 0 bridgehead atoms.